The summed E-state index contributed by atoms with van der Waals surface area (Å²) in [6.07, 6.45) is 1.43. The highest BCUT2D eigenvalue weighted by Crippen LogP contribution is 2.26. The molecule has 1 aliphatic rings. The Hall–Kier alpha value is -1.13. The van der Waals surface area contributed by atoms with Gasteiger partial charge in [-0.15, -0.1) is 0 Å². The summed E-state index contributed by atoms with van der Waals surface area (Å²) in [4.78, 5) is 0. The number of ether oxygens (including phenoxy) is 2. The number of hydrogen-bond donors (Lipinski definition) is 1. The summed E-state index contributed by atoms with van der Waals surface area (Å²) in [6, 6.07) is 4.17. The van der Waals surface area contributed by atoms with Crippen molar-refractivity contribution in [2.45, 2.75) is 32.0 Å². The van der Waals surface area contributed by atoms with Crippen LogP contribution in [0, 0.1) is 5.82 Å². The van der Waals surface area contributed by atoms with Gasteiger partial charge in [0, 0.05) is 18.2 Å². The van der Waals surface area contributed by atoms with E-state index in [1.165, 1.54) is 12.1 Å². The van der Waals surface area contributed by atoms with E-state index in [2.05, 4.69) is 0 Å². The lowest BCUT2D eigenvalue weighted by atomic mass is 10.1. The molecule has 17 heavy (non-hydrogen) atoms. The second-order valence-electron chi connectivity index (χ2n) is 4.30. The van der Waals surface area contributed by atoms with E-state index in [0.29, 0.717) is 17.9 Å². The van der Waals surface area contributed by atoms with Crippen molar-refractivity contribution in [1.29, 1.82) is 0 Å². The van der Waals surface area contributed by atoms with E-state index >= 15 is 0 Å². The van der Waals surface area contributed by atoms with E-state index in [-0.39, 0.29) is 11.9 Å². The maximum atomic E-state index is 13.1. The number of benzene rings is 1. The second kappa shape index (κ2) is 5.47. The molecule has 1 fully saturated rings. The SMILES string of the molecule is C[C@H](O)c1ccc(F)cc1OCC1CCCO1. The van der Waals surface area contributed by atoms with Crippen LogP contribution in [0.2, 0.25) is 0 Å². The first-order chi connectivity index (χ1) is 8.16. The molecule has 0 saturated carbocycles. The fraction of sp³-hybridized carbons (Fsp3) is 0.538. The Morgan fingerprint density at radius 3 is 3.06 bits per heavy atom. The zero-order valence-electron chi connectivity index (χ0n) is 9.86. The maximum Gasteiger partial charge on any atom is 0.128 e. The molecule has 1 aromatic rings. The highest BCUT2D eigenvalue weighted by molar-refractivity contribution is 5.35. The molecule has 1 aliphatic heterocycles. The Bertz CT molecular complexity index is 373. The first-order valence-electron chi connectivity index (χ1n) is 5.88. The zero-order valence-corrected chi connectivity index (χ0v) is 9.86. The van der Waals surface area contributed by atoms with Gasteiger partial charge in [0.15, 0.2) is 0 Å². The molecule has 0 amide bonds. The Morgan fingerprint density at radius 2 is 2.41 bits per heavy atom. The van der Waals surface area contributed by atoms with Crippen LogP contribution in [0.3, 0.4) is 0 Å². The van der Waals surface area contributed by atoms with Crippen LogP contribution in [0.15, 0.2) is 18.2 Å². The molecule has 94 valence electrons. The van der Waals surface area contributed by atoms with Gasteiger partial charge >= 0.3 is 0 Å². The Balaban J connectivity index is 2.04. The predicted octanol–water partition coefficient (Wildman–Crippen LogP) is 2.44. The Labute approximate surface area is 100 Å². The molecular formula is C13H17FO3. The van der Waals surface area contributed by atoms with Crippen LogP contribution in [0.25, 0.3) is 0 Å². The van der Waals surface area contributed by atoms with E-state index < -0.39 is 6.10 Å². The average molecular weight is 240 g/mol. The van der Waals surface area contributed by atoms with Crippen LogP contribution < -0.4 is 4.74 Å². The summed E-state index contributed by atoms with van der Waals surface area (Å²) in [6.45, 7) is 2.80. The van der Waals surface area contributed by atoms with E-state index in [4.69, 9.17) is 9.47 Å². The van der Waals surface area contributed by atoms with Crippen LogP contribution in [-0.2, 0) is 4.74 Å². The lowest BCUT2D eigenvalue weighted by molar-refractivity contribution is 0.0663. The molecule has 2 rings (SSSR count). The highest BCUT2D eigenvalue weighted by atomic mass is 19.1. The third-order valence-electron chi connectivity index (χ3n) is 2.87. The van der Waals surface area contributed by atoms with Gasteiger partial charge in [0.2, 0.25) is 0 Å². The molecular weight excluding hydrogens is 223 g/mol. The van der Waals surface area contributed by atoms with E-state index in [1.54, 1.807) is 13.0 Å². The minimum atomic E-state index is -0.671. The molecule has 1 aromatic carbocycles. The highest BCUT2D eigenvalue weighted by Gasteiger charge is 2.17. The van der Waals surface area contributed by atoms with Gasteiger partial charge in [-0.3, -0.25) is 0 Å². The van der Waals surface area contributed by atoms with Gasteiger partial charge in [-0.2, -0.15) is 0 Å². The number of halogens is 1. The third-order valence-corrected chi connectivity index (χ3v) is 2.87. The molecule has 0 spiro atoms. The summed E-state index contributed by atoms with van der Waals surface area (Å²) in [5.74, 6) is 0.0345. The smallest absolute Gasteiger partial charge is 0.128 e. The van der Waals surface area contributed by atoms with Crippen molar-refractivity contribution in [2.24, 2.45) is 0 Å². The number of hydrogen-bond acceptors (Lipinski definition) is 3. The third kappa shape index (κ3) is 3.17. The molecule has 0 aromatic heterocycles. The van der Waals surface area contributed by atoms with Gasteiger partial charge in [0.1, 0.15) is 18.2 Å². The molecule has 0 bridgehead atoms. The molecule has 1 unspecified atom stereocenters. The Morgan fingerprint density at radius 1 is 1.59 bits per heavy atom. The minimum Gasteiger partial charge on any atom is -0.490 e. The van der Waals surface area contributed by atoms with Crippen molar-refractivity contribution in [3.05, 3.63) is 29.6 Å². The standard InChI is InChI=1S/C13H17FO3/c1-9(15)12-5-4-10(14)7-13(12)17-8-11-3-2-6-16-11/h4-5,7,9,11,15H,2-3,6,8H2,1H3/t9-,11?/m0/s1. The van der Waals surface area contributed by atoms with Crippen molar-refractivity contribution < 1.29 is 19.0 Å². The normalized spacial score (nSPS) is 21.5. The van der Waals surface area contributed by atoms with E-state index in [9.17, 15) is 9.50 Å². The topological polar surface area (TPSA) is 38.7 Å². The number of aliphatic hydroxyl groups excluding tert-OH is 1. The lowest BCUT2D eigenvalue weighted by Gasteiger charge is -2.16. The molecule has 4 heteroatoms. The van der Waals surface area contributed by atoms with Crippen molar-refractivity contribution >= 4 is 0 Å². The Kier molecular flexibility index (Phi) is 3.97. The summed E-state index contributed by atoms with van der Waals surface area (Å²) >= 11 is 0. The van der Waals surface area contributed by atoms with E-state index in [0.717, 1.165) is 19.4 Å². The van der Waals surface area contributed by atoms with Gasteiger partial charge in [-0.1, -0.05) is 0 Å². The summed E-state index contributed by atoms with van der Waals surface area (Å²) in [7, 11) is 0. The molecule has 3 nitrogen and oxygen atoms in total. The van der Waals surface area contributed by atoms with E-state index in [1.807, 2.05) is 0 Å². The van der Waals surface area contributed by atoms with Crippen LogP contribution in [0.5, 0.6) is 5.75 Å². The van der Waals surface area contributed by atoms with Crippen LogP contribution in [0.1, 0.15) is 31.4 Å². The monoisotopic (exact) mass is 240 g/mol. The van der Waals surface area contributed by atoms with Crippen LogP contribution in [-0.4, -0.2) is 24.4 Å². The van der Waals surface area contributed by atoms with Gasteiger partial charge in [-0.05, 0) is 31.9 Å². The molecule has 1 heterocycles. The van der Waals surface area contributed by atoms with Crippen molar-refractivity contribution in [2.75, 3.05) is 13.2 Å². The molecule has 0 aliphatic carbocycles. The lowest BCUT2D eigenvalue weighted by Crippen LogP contribution is -2.17. The molecule has 1 saturated heterocycles. The fourth-order valence-electron chi connectivity index (χ4n) is 1.94. The van der Waals surface area contributed by atoms with Gasteiger partial charge in [0.25, 0.3) is 0 Å². The fourth-order valence-corrected chi connectivity index (χ4v) is 1.94. The van der Waals surface area contributed by atoms with Crippen LogP contribution >= 0.6 is 0 Å². The first kappa shape index (κ1) is 12.3. The van der Waals surface area contributed by atoms with Gasteiger partial charge < -0.3 is 14.6 Å². The van der Waals surface area contributed by atoms with Crippen LogP contribution in [0.4, 0.5) is 4.39 Å². The van der Waals surface area contributed by atoms with Gasteiger partial charge in [-0.25, -0.2) is 4.39 Å². The van der Waals surface area contributed by atoms with Crippen molar-refractivity contribution in [1.82, 2.24) is 0 Å². The predicted molar refractivity (Wildman–Crippen MR) is 61.5 cm³/mol. The minimum absolute atomic E-state index is 0.0834. The molecule has 1 N–H and O–H groups in total. The van der Waals surface area contributed by atoms with Gasteiger partial charge in [0.05, 0.1) is 12.2 Å². The second-order valence-corrected chi connectivity index (χ2v) is 4.30. The zero-order chi connectivity index (χ0) is 12.3. The summed E-state index contributed by atoms with van der Waals surface area (Å²) in [5, 5.41) is 9.55. The number of rotatable bonds is 4. The average Bonchev–Trinajstić information content (AvgIpc) is 2.78. The largest absolute Gasteiger partial charge is 0.490 e. The maximum absolute atomic E-state index is 13.1. The number of aliphatic hydroxyl groups is 1. The summed E-state index contributed by atoms with van der Waals surface area (Å²) in [5.41, 5.74) is 0.601. The molecule has 0 radical (unpaired) electrons. The quantitative estimate of drug-likeness (QED) is 0.878. The molecule has 2 atom stereocenters. The summed E-state index contributed by atoms with van der Waals surface area (Å²) < 4.78 is 24.1. The van der Waals surface area contributed by atoms with Crippen molar-refractivity contribution in [3.8, 4) is 5.75 Å². The van der Waals surface area contributed by atoms with Crippen molar-refractivity contribution in [3.63, 3.8) is 0 Å². The first-order valence-corrected chi connectivity index (χ1v) is 5.88.